The minimum absolute atomic E-state index is 0.0582. The maximum Gasteiger partial charge on any atom is 0.139 e. The van der Waals surface area contributed by atoms with Gasteiger partial charge in [-0.05, 0) is 12.5 Å². The monoisotopic (exact) mass is 185 g/mol. The molecule has 1 aliphatic rings. The Labute approximate surface area is 79.7 Å². The van der Waals surface area contributed by atoms with Gasteiger partial charge in [0.25, 0.3) is 0 Å². The van der Waals surface area contributed by atoms with Crippen molar-refractivity contribution in [1.29, 1.82) is 0 Å². The first kappa shape index (κ1) is 10.5. The fraction of sp³-hybridized carbons (Fsp3) is 0.800. The van der Waals surface area contributed by atoms with Crippen LogP contribution < -0.4 is 5.48 Å². The lowest BCUT2D eigenvalue weighted by molar-refractivity contribution is -0.0733. The number of hydrogen-bond acceptors (Lipinski definition) is 3. The number of rotatable bonds is 6. The van der Waals surface area contributed by atoms with E-state index in [-0.39, 0.29) is 6.61 Å². The van der Waals surface area contributed by atoms with Crippen LogP contribution in [-0.2, 0) is 4.84 Å². The lowest BCUT2D eigenvalue weighted by Crippen LogP contribution is -2.33. The van der Waals surface area contributed by atoms with E-state index in [2.05, 4.69) is 12.4 Å². The van der Waals surface area contributed by atoms with Crippen molar-refractivity contribution in [3.63, 3.8) is 0 Å². The fourth-order valence-electron chi connectivity index (χ4n) is 1.52. The number of aliphatic hydroxyl groups excluding tert-OH is 1. The van der Waals surface area contributed by atoms with Crippen molar-refractivity contribution in [1.82, 2.24) is 5.48 Å². The van der Waals surface area contributed by atoms with Crippen LogP contribution in [-0.4, -0.2) is 17.3 Å². The second kappa shape index (κ2) is 5.25. The maximum absolute atomic E-state index is 9.16. The average Bonchev–Trinajstić information content (AvgIpc) is 2.62. The Bertz CT molecular complexity index is 170. The van der Waals surface area contributed by atoms with Gasteiger partial charge in [-0.1, -0.05) is 32.6 Å². The van der Waals surface area contributed by atoms with Gasteiger partial charge in [-0.2, -0.15) is 0 Å². The van der Waals surface area contributed by atoms with Gasteiger partial charge in [-0.15, -0.1) is 0 Å². The quantitative estimate of drug-likeness (QED) is 0.619. The van der Waals surface area contributed by atoms with E-state index >= 15 is 0 Å². The molecule has 0 aromatic rings. The zero-order chi connectivity index (χ0) is 9.57. The zero-order valence-corrected chi connectivity index (χ0v) is 8.25. The van der Waals surface area contributed by atoms with Crippen LogP contribution in [0.5, 0.6) is 0 Å². The molecular weight excluding hydrogens is 166 g/mol. The van der Waals surface area contributed by atoms with Crippen molar-refractivity contribution in [2.24, 2.45) is 0 Å². The molecule has 0 aromatic carbocycles. The van der Waals surface area contributed by atoms with Crippen molar-refractivity contribution < 1.29 is 9.94 Å². The Hall–Kier alpha value is -0.540. The summed E-state index contributed by atoms with van der Waals surface area (Å²) in [5.41, 5.74) is 2.21. The summed E-state index contributed by atoms with van der Waals surface area (Å²) < 4.78 is 0. The second-order valence-corrected chi connectivity index (χ2v) is 3.59. The second-order valence-electron chi connectivity index (χ2n) is 3.59. The van der Waals surface area contributed by atoms with Crippen molar-refractivity contribution >= 4 is 0 Å². The summed E-state index contributed by atoms with van der Waals surface area (Å²) in [4.78, 5) is 5.26. The number of nitrogens with one attached hydrogen (secondary N) is 1. The first-order chi connectivity index (χ1) is 6.33. The van der Waals surface area contributed by atoms with E-state index in [4.69, 9.17) is 9.94 Å². The van der Waals surface area contributed by atoms with Gasteiger partial charge >= 0.3 is 0 Å². The lowest BCUT2D eigenvalue weighted by atomic mass is 9.97. The lowest BCUT2D eigenvalue weighted by Gasteiger charge is -2.22. The van der Waals surface area contributed by atoms with Crippen LogP contribution in [0.4, 0.5) is 0 Å². The van der Waals surface area contributed by atoms with Gasteiger partial charge in [-0.25, -0.2) is 0 Å². The molecule has 3 heteroatoms. The van der Waals surface area contributed by atoms with E-state index in [0.29, 0.717) is 0 Å². The third-order valence-electron chi connectivity index (χ3n) is 2.44. The van der Waals surface area contributed by atoms with Crippen LogP contribution >= 0.6 is 0 Å². The predicted octanol–water partition coefficient (Wildman–Crippen LogP) is 1.74. The molecule has 0 saturated heterocycles. The number of hydrogen-bond donors (Lipinski definition) is 2. The van der Waals surface area contributed by atoms with Crippen LogP contribution in [0.3, 0.4) is 0 Å². The highest BCUT2D eigenvalue weighted by Gasteiger charge is 2.30. The first-order valence-corrected chi connectivity index (χ1v) is 5.05. The van der Waals surface area contributed by atoms with Crippen molar-refractivity contribution in [3.8, 4) is 0 Å². The first-order valence-electron chi connectivity index (χ1n) is 5.05. The van der Waals surface area contributed by atoms with Gasteiger partial charge in [0, 0.05) is 6.20 Å². The molecule has 76 valence electrons. The topological polar surface area (TPSA) is 41.5 Å². The molecule has 1 rings (SSSR count). The van der Waals surface area contributed by atoms with E-state index in [0.717, 1.165) is 12.8 Å². The summed E-state index contributed by atoms with van der Waals surface area (Å²) in [5, 5.41) is 9.16. The highest BCUT2D eigenvalue weighted by molar-refractivity contribution is 5.04. The number of unbranched alkanes of at least 4 members (excludes halogenated alkanes) is 3. The molecule has 1 unspecified atom stereocenters. The Kier molecular flexibility index (Phi) is 4.25. The minimum Gasteiger partial charge on any atom is -0.393 e. The third-order valence-corrected chi connectivity index (χ3v) is 2.44. The molecular formula is C10H19NO2. The molecule has 2 N–H and O–H groups in total. The van der Waals surface area contributed by atoms with Gasteiger partial charge < -0.3 is 5.11 Å². The van der Waals surface area contributed by atoms with Crippen LogP contribution in [0, 0.1) is 0 Å². The SMILES string of the molecule is CCCCCCC1(CO)C=CNO1. The van der Waals surface area contributed by atoms with E-state index in [1.54, 1.807) is 6.20 Å². The van der Waals surface area contributed by atoms with Gasteiger partial charge in [0.1, 0.15) is 5.60 Å². The van der Waals surface area contributed by atoms with Gasteiger partial charge in [0.05, 0.1) is 6.61 Å². The summed E-state index contributed by atoms with van der Waals surface area (Å²) in [6.07, 6.45) is 9.37. The Morgan fingerprint density at radius 1 is 1.38 bits per heavy atom. The Morgan fingerprint density at radius 2 is 2.23 bits per heavy atom. The normalized spacial score (nSPS) is 26.3. The van der Waals surface area contributed by atoms with Crippen LogP contribution in [0.1, 0.15) is 39.0 Å². The molecule has 0 amide bonds. The predicted molar refractivity (Wildman–Crippen MR) is 51.9 cm³/mol. The molecule has 0 saturated carbocycles. The fourth-order valence-corrected chi connectivity index (χ4v) is 1.52. The Morgan fingerprint density at radius 3 is 2.77 bits per heavy atom. The molecule has 0 bridgehead atoms. The van der Waals surface area contributed by atoms with E-state index in [9.17, 15) is 0 Å². The van der Waals surface area contributed by atoms with Crippen LogP contribution in [0.25, 0.3) is 0 Å². The molecule has 0 aliphatic carbocycles. The van der Waals surface area contributed by atoms with Gasteiger partial charge in [0.15, 0.2) is 0 Å². The summed E-state index contributed by atoms with van der Waals surface area (Å²) in [7, 11) is 0. The highest BCUT2D eigenvalue weighted by atomic mass is 16.7. The molecule has 0 radical (unpaired) electrons. The molecule has 1 heterocycles. The highest BCUT2D eigenvalue weighted by Crippen LogP contribution is 2.23. The average molecular weight is 185 g/mol. The molecule has 1 atom stereocenters. The van der Waals surface area contributed by atoms with E-state index in [1.807, 2.05) is 6.08 Å². The zero-order valence-electron chi connectivity index (χ0n) is 8.25. The smallest absolute Gasteiger partial charge is 0.139 e. The maximum atomic E-state index is 9.16. The molecule has 13 heavy (non-hydrogen) atoms. The van der Waals surface area contributed by atoms with E-state index in [1.165, 1.54) is 19.3 Å². The molecule has 0 aromatic heterocycles. The molecule has 0 spiro atoms. The minimum atomic E-state index is -0.451. The summed E-state index contributed by atoms with van der Waals surface area (Å²) in [6, 6.07) is 0. The molecule has 3 nitrogen and oxygen atoms in total. The van der Waals surface area contributed by atoms with Gasteiger partial charge in [-0.3, -0.25) is 10.3 Å². The number of aliphatic hydroxyl groups is 1. The van der Waals surface area contributed by atoms with Crippen molar-refractivity contribution in [3.05, 3.63) is 12.3 Å². The standard InChI is InChI=1S/C10H19NO2/c1-2-3-4-5-6-10(9-12)7-8-11-13-10/h7-8,11-12H,2-6,9H2,1H3. The largest absolute Gasteiger partial charge is 0.393 e. The van der Waals surface area contributed by atoms with E-state index < -0.39 is 5.60 Å². The molecule has 0 fully saturated rings. The van der Waals surface area contributed by atoms with Gasteiger partial charge in [0.2, 0.25) is 0 Å². The van der Waals surface area contributed by atoms with Crippen LogP contribution in [0.15, 0.2) is 12.3 Å². The van der Waals surface area contributed by atoms with Crippen LogP contribution in [0.2, 0.25) is 0 Å². The number of hydroxylamine groups is 1. The Balaban J connectivity index is 2.20. The summed E-state index contributed by atoms with van der Waals surface area (Å²) in [6.45, 7) is 2.25. The summed E-state index contributed by atoms with van der Waals surface area (Å²) >= 11 is 0. The molecule has 1 aliphatic heterocycles. The van der Waals surface area contributed by atoms with Crippen molar-refractivity contribution in [2.75, 3.05) is 6.61 Å². The van der Waals surface area contributed by atoms with Crippen molar-refractivity contribution in [2.45, 2.75) is 44.6 Å². The summed E-state index contributed by atoms with van der Waals surface area (Å²) in [5.74, 6) is 0. The third kappa shape index (κ3) is 3.01.